The maximum Gasteiger partial charge on any atom is 0.507 e. The smallest absolute Gasteiger partial charge is 0.421 e. The van der Waals surface area contributed by atoms with Crippen molar-refractivity contribution in [1.29, 1.82) is 0 Å². The first-order valence-electron chi connectivity index (χ1n) is 5.37. The number of likely N-dealkylation sites (N-methyl/N-ethyl adjacent to an activating group) is 1. The minimum Gasteiger partial charge on any atom is -0.421 e. The van der Waals surface area contributed by atoms with E-state index in [1.165, 1.54) is 6.07 Å². The zero-order valence-corrected chi connectivity index (χ0v) is 10.5. The average molecular weight is 300 g/mol. The van der Waals surface area contributed by atoms with Crippen molar-refractivity contribution >= 4 is 11.6 Å². The molecule has 0 saturated carbocycles. The Labute approximate surface area is 111 Å². The summed E-state index contributed by atoms with van der Waals surface area (Å²) < 4.78 is 59.9. The molecule has 0 amide bonds. The van der Waals surface area contributed by atoms with Gasteiger partial charge in [0.05, 0.1) is 0 Å². The molecule has 19 heavy (non-hydrogen) atoms. The van der Waals surface area contributed by atoms with E-state index in [1.54, 1.807) is 7.05 Å². The minimum atomic E-state index is -4.73. The van der Waals surface area contributed by atoms with Crippen LogP contribution < -0.4 is 14.8 Å². The highest BCUT2D eigenvalue weighted by Crippen LogP contribution is 2.48. The maximum absolute atomic E-state index is 13.0. The van der Waals surface area contributed by atoms with Crippen molar-refractivity contribution in [2.24, 2.45) is 0 Å². The number of ether oxygens (including phenoxy) is 2. The molecule has 0 spiro atoms. The molecule has 106 valence electrons. The van der Waals surface area contributed by atoms with E-state index in [9.17, 15) is 17.6 Å². The highest BCUT2D eigenvalue weighted by Gasteiger charge is 2.66. The largest absolute Gasteiger partial charge is 0.507 e. The number of halogens is 5. The zero-order valence-electron chi connectivity index (χ0n) is 9.78. The third-order valence-electron chi connectivity index (χ3n) is 2.57. The van der Waals surface area contributed by atoms with Gasteiger partial charge in [-0.15, -0.1) is 0 Å². The summed E-state index contributed by atoms with van der Waals surface area (Å²) in [5, 5.41) is 3.01. The van der Waals surface area contributed by atoms with Crippen LogP contribution in [0, 0.1) is 0 Å². The Kier molecular flexibility index (Phi) is 3.53. The SMILES string of the molecule is CNCCc1cc2c(cc1Cl)OC(F)(F)C(F)(F)O2. The lowest BCUT2D eigenvalue weighted by molar-refractivity contribution is -0.391. The van der Waals surface area contributed by atoms with Gasteiger partial charge in [0.1, 0.15) is 0 Å². The first-order valence-corrected chi connectivity index (χ1v) is 5.75. The Morgan fingerprint density at radius 3 is 2.16 bits per heavy atom. The fraction of sp³-hybridized carbons (Fsp3) is 0.455. The summed E-state index contributed by atoms with van der Waals surface area (Å²) in [5.41, 5.74) is 0.499. The molecule has 0 saturated heterocycles. The summed E-state index contributed by atoms with van der Waals surface area (Å²) in [6.07, 6.45) is -9.00. The van der Waals surface area contributed by atoms with Crippen LogP contribution >= 0.6 is 11.6 Å². The number of benzene rings is 1. The van der Waals surface area contributed by atoms with E-state index >= 15 is 0 Å². The number of hydrogen-bond donors (Lipinski definition) is 1. The van der Waals surface area contributed by atoms with Crippen LogP contribution in [0.15, 0.2) is 12.1 Å². The molecule has 2 rings (SSSR count). The molecular formula is C11H10ClF4NO2. The molecular weight excluding hydrogens is 290 g/mol. The molecule has 1 aliphatic heterocycles. The Balaban J connectivity index is 2.37. The van der Waals surface area contributed by atoms with Gasteiger partial charge in [-0.05, 0) is 31.6 Å². The van der Waals surface area contributed by atoms with Crippen LogP contribution in [-0.2, 0) is 6.42 Å². The quantitative estimate of drug-likeness (QED) is 0.870. The number of alkyl halides is 4. The van der Waals surface area contributed by atoms with Crippen molar-refractivity contribution in [3.8, 4) is 11.5 Å². The number of hydrogen-bond acceptors (Lipinski definition) is 3. The topological polar surface area (TPSA) is 30.5 Å². The van der Waals surface area contributed by atoms with Gasteiger partial charge in [0.2, 0.25) is 0 Å². The van der Waals surface area contributed by atoms with Crippen molar-refractivity contribution in [2.45, 2.75) is 18.6 Å². The predicted octanol–water partition coefficient (Wildman–Crippen LogP) is 3.06. The summed E-state index contributed by atoms with van der Waals surface area (Å²) in [5.74, 6) is -0.958. The third-order valence-corrected chi connectivity index (χ3v) is 2.92. The van der Waals surface area contributed by atoms with Gasteiger partial charge in [-0.25, -0.2) is 0 Å². The van der Waals surface area contributed by atoms with Gasteiger partial charge in [-0.1, -0.05) is 11.6 Å². The molecule has 0 aliphatic carbocycles. The number of nitrogens with one attached hydrogen (secondary N) is 1. The molecule has 0 bridgehead atoms. The van der Waals surface area contributed by atoms with Crippen molar-refractivity contribution in [3.05, 3.63) is 22.7 Å². The van der Waals surface area contributed by atoms with Gasteiger partial charge in [-0.2, -0.15) is 17.6 Å². The van der Waals surface area contributed by atoms with Crippen LogP contribution in [0.25, 0.3) is 0 Å². The van der Waals surface area contributed by atoms with E-state index in [0.717, 1.165) is 6.07 Å². The molecule has 0 fully saturated rings. The Hall–Kier alpha value is -1.21. The molecule has 0 aromatic heterocycles. The summed E-state index contributed by atoms with van der Waals surface area (Å²) in [4.78, 5) is 0. The monoisotopic (exact) mass is 299 g/mol. The normalized spacial score (nSPS) is 19.3. The lowest BCUT2D eigenvalue weighted by Gasteiger charge is -2.32. The first kappa shape index (κ1) is 14.2. The van der Waals surface area contributed by atoms with Gasteiger partial charge in [0.15, 0.2) is 11.5 Å². The van der Waals surface area contributed by atoms with Crippen molar-refractivity contribution in [3.63, 3.8) is 0 Å². The Bertz CT molecular complexity index is 496. The molecule has 0 atom stereocenters. The highest BCUT2D eigenvalue weighted by molar-refractivity contribution is 6.31. The van der Waals surface area contributed by atoms with E-state index in [0.29, 0.717) is 18.5 Å². The minimum absolute atomic E-state index is 0.151. The molecule has 0 radical (unpaired) electrons. The fourth-order valence-electron chi connectivity index (χ4n) is 1.58. The molecule has 3 nitrogen and oxygen atoms in total. The van der Waals surface area contributed by atoms with E-state index in [2.05, 4.69) is 14.8 Å². The van der Waals surface area contributed by atoms with Crippen LogP contribution in [0.1, 0.15) is 5.56 Å². The van der Waals surface area contributed by atoms with Crippen LogP contribution in [0.3, 0.4) is 0 Å². The van der Waals surface area contributed by atoms with Gasteiger partial charge < -0.3 is 14.8 Å². The van der Waals surface area contributed by atoms with Crippen LogP contribution in [0.4, 0.5) is 17.6 Å². The second kappa shape index (κ2) is 4.72. The van der Waals surface area contributed by atoms with Crippen LogP contribution in [0.2, 0.25) is 5.02 Å². The van der Waals surface area contributed by atoms with Crippen molar-refractivity contribution in [1.82, 2.24) is 5.32 Å². The molecule has 1 aromatic carbocycles. The maximum atomic E-state index is 13.0. The second-order valence-electron chi connectivity index (χ2n) is 3.98. The number of rotatable bonds is 3. The average Bonchev–Trinajstić information content (AvgIpc) is 2.28. The van der Waals surface area contributed by atoms with Gasteiger partial charge >= 0.3 is 12.2 Å². The zero-order chi connectivity index (χ0) is 14.3. The number of fused-ring (bicyclic) bond motifs is 1. The summed E-state index contributed by atoms with van der Waals surface area (Å²) in [7, 11) is 1.71. The Morgan fingerprint density at radius 1 is 1.11 bits per heavy atom. The summed E-state index contributed by atoms with van der Waals surface area (Å²) in [6, 6.07) is 2.23. The van der Waals surface area contributed by atoms with Gasteiger partial charge in [0, 0.05) is 11.1 Å². The standard InChI is InChI=1S/C11H10ClF4NO2/c1-17-3-2-6-4-8-9(5-7(6)12)19-11(15,16)10(13,14)18-8/h4-5,17H,2-3H2,1H3. The predicted molar refractivity (Wildman–Crippen MR) is 60.2 cm³/mol. The van der Waals surface area contributed by atoms with E-state index < -0.39 is 23.7 Å². The first-order chi connectivity index (χ1) is 8.77. The van der Waals surface area contributed by atoms with E-state index in [-0.39, 0.29) is 5.02 Å². The van der Waals surface area contributed by atoms with Crippen LogP contribution in [0.5, 0.6) is 11.5 Å². The molecule has 1 heterocycles. The highest BCUT2D eigenvalue weighted by atomic mass is 35.5. The lowest BCUT2D eigenvalue weighted by atomic mass is 10.1. The summed E-state index contributed by atoms with van der Waals surface area (Å²) in [6.45, 7) is 0.548. The van der Waals surface area contributed by atoms with Crippen molar-refractivity contribution < 1.29 is 27.0 Å². The molecule has 0 unspecified atom stereocenters. The summed E-state index contributed by atoms with van der Waals surface area (Å²) >= 11 is 5.87. The van der Waals surface area contributed by atoms with E-state index in [4.69, 9.17) is 11.6 Å². The van der Waals surface area contributed by atoms with Gasteiger partial charge in [-0.3, -0.25) is 0 Å². The fourth-order valence-corrected chi connectivity index (χ4v) is 1.83. The van der Waals surface area contributed by atoms with E-state index in [1.807, 2.05) is 0 Å². The van der Waals surface area contributed by atoms with Crippen molar-refractivity contribution in [2.75, 3.05) is 13.6 Å². The molecule has 1 aromatic rings. The Morgan fingerprint density at radius 2 is 1.63 bits per heavy atom. The van der Waals surface area contributed by atoms with Gasteiger partial charge in [0.25, 0.3) is 0 Å². The molecule has 1 aliphatic rings. The lowest BCUT2D eigenvalue weighted by Crippen LogP contribution is -2.52. The van der Waals surface area contributed by atoms with Crippen LogP contribution in [-0.4, -0.2) is 25.8 Å². The molecule has 8 heteroatoms. The molecule has 1 N–H and O–H groups in total. The third kappa shape index (κ3) is 2.57. The second-order valence-corrected chi connectivity index (χ2v) is 4.39.